The average Bonchev–Trinajstić information content (AvgIpc) is 1.63. The molecular weight excluding hydrogens is 312 g/mol. The molecule has 0 aliphatic carbocycles. The highest BCUT2D eigenvalue weighted by Gasteiger charge is 2.05. The van der Waals surface area contributed by atoms with Crippen LogP contribution in [0.3, 0.4) is 0 Å². The van der Waals surface area contributed by atoms with Crippen LogP contribution in [0.4, 0.5) is 0 Å². The number of hydrogen-bond donors (Lipinski definition) is 0. The Morgan fingerprint density at radius 2 is 1.89 bits per heavy atom. The van der Waals surface area contributed by atoms with Gasteiger partial charge in [-0.05, 0) is 12.8 Å². The van der Waals surface area contributed by atoms with Crippen molar-refractivity contribution in [2.75, 3.05) is 5.33 Å². The van der Waals surface area contributed by atoms with Gasteiger partial charge in [0.1, 0.15) is 0 Å². The van der Waals surface area contributed by atoms with E-state index in [1.807, 2.05) is 0 Å². The van der Waals surface area contributed by atoms with Crippen molar-refractivity contribution < 1.29 is 0 Å². The fourth-order valence-electron chi connectivity index (χ4n) is 0.589. The highest BCUT2D eigenvalue weighted by Crippen LogP contribution is 2.17. The third-order valence-corrected chi connectivity index (χ3v) is 2.67. The number of rotatable bonds is 4. The number of halogens is 3. The van der Waals surface area contributed by atoms with Gasteiger partial charge in [0, 0.05) is 15.0 Å². The largest absolute Gasteiger partial charge is 0.0928 e. The van der Waals surface area contributed by atoms with E-state index in [0.717, 1.165) is 5.33 Å². The van der Waals surface area contributed by atoms with Crippen LogP contribution in [0.5, 0.6) is 0 Å². The first-order valence-electron chi connectivity index (χ1n) is 3.01. The predicted molar refractivity (Wildman–Crippen MR) is 54.1 cm³/mol. The Bertz CT molecular complexity index is 63.3. The van der Waals surface area contributed by atoms with Gasteiger partial charge in [0.25, 0.3) is 0 Å². The molecule has 0 nitrogen and oxygen atoms in total. The highest BCUT2D eigenvalue weighted by molar-refractivity contribution is 9.10. The average molecular weight is 323 g/mol. The van der Waals surface area contributed by atoms with Crippen molar-refractivity contribution in [3.63, 3.8) is 0 Å². The zero-order valence-electron chi connectivity index (χ0n) is 5.41. The van der Waals surface area contributed by atoms with E-state index in [1.165, 1.54) is 12.8 Å². The van der Waals surface area contributed by atoms with Gasteiger partial charge in [-0.1, -0.05) is 54.7 Å². The summed E-state index contributed by atoms with van der Waals surface area (Å²) in [7, 11) is 0. The van der Waals surface area contributed by atoms with Crippen LogP contribution in [0.25, 0.3) is 0 Å². The molecule has 0 bridgehead atoms. The summed E-state index contributed by atoms with van der Waals surface area (Å²) >= 11 is 10.5. The fraction of sp³-hybridized carbons (Fsp3) is 1.00. The molecule has 0 saturated carbocycles. The predicted octanol–water partition coefficient (Wildman–Crippen LogP) is 3.71. The Kier molecular flexibility index (Phi) is 7.16. The highest BCUT2D eigenvalue weighted by atomic mass is 79.9. The van der Waals surface area contributed by atoms with Crippen molar-refractivity contribution in [1.29, 1.82) is 0 Å². The molecule has 0 fully saturated rings. The van der Waals surface area contributed by atoms with Crippen LogP contribution in [0, 0.1) is 0 Å². The quantitative estimate of drug-likeness (QED) is 0.692. The van der Waals surface area contributed by atoms with Gasteiger partial charge < -0.3 is 0 Å². The molecule has 56 valence electrons. The SMILES string of the molecule is CC(Br)CC(Br)CCBr. The van der Waals surface area contributed by atoms with Gasteiger partial charge in [-0.25, -0.2) is 0 Å². The molecule has 0 heterocycles. The molecular formula is C6H11Br3. The minimum absolute atomic E-state index is 0.626. The minimum Gasteiger partial charge on any atom is -0.0928 e. The van der Waals surface area contributed by atoms with Crippen molar-refractivity contribution in [3.05, 3.63) is 0 Å². The molecule has 0 N–H and O–H groups in total. The molecule has 0 aromatic carbocycles. The lowest BCUT2D eigenvalue weighted by Crippen LogP contribution is -2.04. The summed E-state index contributed by atoms with van der Waals surface area (Å²) in [5, 5.41) is 1.09. The van der Waals surface area contributed by atoms with Crippen molar-refractivity contribution in [1.82, 2.24) is 0 Å². The van der Waals surface area contributed by atoms with Crippen molar-refractivity contribution >= 4 is 47.8 Å². The van der Waals surface area contributed by atoms with E-state index >= 15 is 0 Å². The van der Waals surface area contributed by atoms with E-state index in [0.29, 0.717) is 9.65 Å². The van der Waals surface area contributed by atoms with Crippen LogP contribution in [0.15, 0.2) is 0 Å². The summed E-state index contributed by atoms with van der Waals surface area (Å²) in [6, 6.07) is 0. The van der Waals surface area contributed by atoms with Crippen LogP contribution in [-0.2, 0) is 0 Å². The van der Waals surface area contributed by atoms with Crippen LogP contribution < -0.4 is 0 Å². The van der Waals surface area contributed by atoms with Crippen molar-refractivity contribution in [2.24, 2.45) is 0 Å². The first-order chi connectivity index (χ1) is 4.16. The molecule has 0 aromatic heterocycles. The number of alkyl halides is 3. The number of hydrogen-bond acceptors (Lipinski definition) is 0. The lowest BCUT2D eigenvalue weighted by atomic mass is 10.2. The molecule has 2 unspecified atom stereocenters. The van der Waals surface area contributed by atoms with Gasteiger partial charge in [-0.2, -0.15) is 0 Å². The second-order valence-electron chi connectivity index (χ2n) is 2.09. The van der Waals surface area contributed by atoms with Gasteiger partial charge in [0.15, 0.2) is 0 Å². The fourth-order valence-corrected chi connectivity index (χ4v) is 3.50. The first-order valence-corrected chi connectivity index (χ1v) is 5.96. The molecule has 0 rings (SSSR count). The summed E-state index contributed by atoms with van der Waals surface area (Å²) < 4.78 is 0. The van der Waals surface area contributed by atoms with Crippen molar-refractivity contribution in [3.8, 4) is 0 Å². The minimum atomic E-state index is 0.626. The Hall–Kier alpha value is 1.44. The van der Waals surface area contributed by atoms with E-state index < -0.39 is 0 Å². The molecule has 0 radical (unpaired) electrons. The van der Waals surface area contributed by atoms with Gasteiger partial charge >= 0.3 is 0 Å². The second-order valence-corrected chi connectivity index (χ2v) is 5.74. The Labute approximate surface area is 82.2 Å². The first kappa shape index (κ1) is 10.4. The molecule has 0 saturated heterocycles. The molecule has 9 heavy (non-hydrogen) atoms. The van der Waals surface area contributed by atoms with E-state index in [4.69, 9.17) is 0 Å². The zero-order chi connectivity index (χ0) is 7.28. The zero-order valence-corrected chi connectivity index (χ0v) is 10.2. The third-order valence-electron chi connectivity index (χ3n) is 1.00. The summed E-state index contributed by atoms with van der Waals surface area (Å²) in [6.07, 6.45) is 2.40. The monoisotopic (exact) mass is 320 g/mol. The normalized spacial score (nSPS) is 17.3. The summed E-state index contributed by atoms with van der Waals surface area (Å²) in [5.41, 5.74) is 0. The van der Waals surface area contributed by atoms with Gasteiger partial charge in [-0.3, -0.25) is 0 Å². The van der Waals surface area contributed by atoms with Gasteiger partial charge in [0.05, 0.1) is 0 Å². The van der Waals surface area contributed by atoms with Crippen LogP contribution in [-0.4, -0.2) is 15.0 Å². The van der Waals surface area contributed by atoms with Gasteiger partial charge in [0.2, 0.25) is 0 Å². The Balaban J connectivity index is 3.15. The maximum absolute atomic E-state index is 3.58. The lowest BCUT2D eigenvalue weighted by Gasteiger charge is -2.08. The molecule has 0 amide bonds. The summed E-state index contributed by atoms with van der Waals surface area (Å²) in [4.78, 5) is 1.28. The lowest BCUT2D eigenvalue weighted by molar-refractivity contribution is 0.755. The topological polar surface area (TPSA) is 0 Å². The third kappa shape index (κ3) is 7.34. The maximum atomic E-state index is 3.58. The Morgan fingerprint density at radius 1 is 1.33 bits per heavy atom. The molecule has 0 spiro atoms. The smallest absolute Gasteiger partial charge is 0.0164 e. The van der Waals surface area contributed by atoms with E-state index in [9.17, 15) is 0 Å². The van der Waals surface area contributed by atoms with E-state index in [-0.39, 0.29) is 0 Å². The van der Waals surface area contributed by atoms with E-state index in [2.05, 4.69) is 54.7 Å². The molecule has 0 aliphatic heterocycles. The van der Waals surface area contributed by atoms with Crippen LogP contribution >= 0.6 is 47.8 Å². The summed E-state index contributed by atoms with van der Waals surface area (Å²) in [6.45, 7) is 2.17. The van der Waals surface area contributed by atoms with Gasteiger partial charge in [-0.15, -0.1) is 0 Å². The summed E-state index contributed by atoms with van der Waals surface area (Å²) in [5.74, 6) is 0. The Morgan fingerprint density at radius 3 is 2.22 bits per heavy atom. The molecule has 2 atom stereocenters. The van der Waals surface area contributed by atoms with Crippen LogP contribution in [0.2, 0.25) is 0 Å². The van der Waals surface area contributed by atoms with Crippen LogP contribution in [0.1, 0.15) is 19.8 Å². The standard InChI is InChI=1S/C6H11Br3/c1-5(8)4-6(9)2-3-7/h5-6H,2-4H2,1H3. The molecule has 3 heteroatoms. The molecule has 0 aliphatic rings. The molecule has 0 aromatic rings. The van der Waals surface area contributed by atoms with Crippen molar-refractivity contribution in [2.45, 2.75) is 29.4 Å². The second kappa shape index (κ2) is 6.17. The maximum Gasteiger partial charge on any atom is 0.0164 e. The van der Waals surface area contributed by atoms with E-state index in [1.54, 1.807) is 0 Å².